The van der Waals surface area contributed by atoms with Crippen molar-refractivity contribution in [3.8, 4) is 0 Å². The van der Waals surface area contributed by atoms with E-state index in [1.807, 2.05) is 69.3 Å². The van der Waals surface area contributed by atoms with Gasteiger partial charge in [-0.3, -0.25) is 14.4 Å². The van der Waals surface area contributed by atoms with Gasteiger partial charge >= 0.3 is 0 Å². The van der Waals surface area contributed by atoms with Gasteiger partial charge in [-0.05, 0) is 38.7 Å². The van der Waals surface area contributed by atoms with Gasteiger partial charge in [-0.15, -0.1) is 0 Å². The summed E-state index contributed by atoms with van der Waals surface area (Å²) in [7, 11) is 0. The summed E-state index contributed by atoms with van der Waals surface area (Å²) in [6, 6.07) is 17.5. The Morgan fingerprint density at radius 3 is 2.21 bits per heavy atom. The molecule has 5 heteroatoms. The largest absolute Gasteiger partial charge is 0.349 e. The minimum atomic E-state index is -1.00. The summed E-state index contributed by atoms with van der Waals surface area (Å²) in [4.78, 5) is 41.4. The zero-order valence-electron chi connectivity index (χ0n) is 17.0. The van der Waals surface area contributed by atoms with E-state index in [-0.39, 0.29) is 23.5 Å². The highest BCUT2D eigenvalue weighted by atomic mass is 16.2. The normalized spacial score (nSPS) is 24.0. The van der Waals surface area contributed by atoms with Gasteiger partial charge in [0.15, 0.2) is 5.78 Å². The number of carbonyl (C=O) groups excluding carboxylic acids is 3. The lowest BCUT2D eigenvalue weighted by Gasteiger charge is -2.32. The smallest absolute Gasteiger partial charge is 0.247 e. The number of Topliss-reactive ketones (excluding diaryl/α,β-unsaturated/α-hetero) is 1. The van der Waals surface area contributed by atoms with E-state index in [1.54, 1.807) is 17.0 Å². The lowest BCUT2D eigenvalue weighted by molar-refractivity contribution is -0.141. The van der Waals surface area contributed by atoms with Crippen LogP contribution < -0.4 is 5.32 Å². The maximum Gasteiger partial charge on any atom is 0.247 e. The van der Waals surface area contributed by atoms with E-state index in [2.05, 4.69) is 5.32 Å². The topological polar surface area (TPSA) is 66.5 Å². The number of hydrogen-bond acceptors (Lipinski definition) is 3. The SMILES string of the molecule is CC(C)(C)NC(=O)C(c1ccccc1)N1CC2CC2(C(=O)c2ccccc2)C1=O. The first-order valence-electron chi connectivity index (χ1n) is 10.0. The zero-order chi connectivity index (χ0) is 20.8. The average molecular weight is 390 g/mol. The Morgan fingerprint density at radius 1 is 1.03 bits per heavy atom. The van der Waals surface area contributed by atoms with Gasteiger partial charge in [0.2, 0.25) is 11.8 Å². The van der Waals surface area contributed by atoms with E-state index in [0.717, 1.165) is 5.56 Å². The fourth-order valence-corrected chi connectivity index (χ4v) is 4.38. The summed E-state index contributed by atoms with van der Waals surface area (Å²) in [6.07, 6.45) is 0.568. The second-order valence-corrected chi connectivity index (χ2v) is 9.08. The van der Waals surface area contributed by atoms with Gasteiger partial charge in [0.1, 0.15) is 11.5 Å². The van der Waals surface area contributed by atoms with Crippen LogP contribution in [0.25, 0.3) is 0 Å². The molecule has 5 nitrogen and oxygen atoms in total. The highest BCUT2D eigenvalue weighted by Crippen LogP contribution is 2.61. The first kappa shape index (κ1) is 19.4. The Hall–Kier alpha value is -2.95. The summed E-state index contributed by atoms with van der Waals surface area (Å²) in [6.45, 7) is 6.17. The molecule has 1 N–H and O–H groups in total. The third-order valence-corrected chi connectivity index (χ3v) is 5.78. The summed E-state index contributed by atoms with van der Waals surface area (Å²) in [5, 5.41) is 3.00. The van der Waals surface area contributed by atoms with Crippen molar-refractivity contribution in [2.45, 2.75) is 38.8 Å². The van der Waals surface area contributed by atoms with Crippen LogP contribution in [0.2, 0.25) is 0 Å². The van der Waals surface area contributed by atoms with Crippen molar-refractivity contribution < 1.29 is 14.4 Å². The molecule has 4 rings (SSSR count). The maximum absolute atomic E-state index is 13.5. The molecule has 0 aromatic heterocycles. The van der Waals surface area contributed by atoms with Crippen LogP contribution in [0.5, 0.6) is 0 Å². The van der Waals surface area contributed by atoms with Crippen molar-refractivity contribution in [2.24, 2.45) is 11.3 Å². The van der Waals surface area contributed by atoms with E-state index < -0.39 is 17.0 Å². The van der Waals surface area contributed by atoms with Crippen molar-refractivity contribution >= 4 is 17.6 Å². The minimum Gasteiger partial charge on any atom is -0.349 e. The fraction of sp³-hybridized carbons (Fsp3) is 0.375. The zero-order valence-corrected chi connectivity index (χ0v) is 17.0. The number of hydrogen-bond donors (Lipinski definition) is 1. The molecule has 3 atom stereocenters. The van der Waals surface area contributed by atoms with Crippen molar-refractivity contribution in [3.05, 3.63) is 71.8 Å². The average Bonchev–Trinajstić information content (AvgIpc) is 3.34. The van der Waals surface area contributed by atoms with Crippen molar-refractivity contribution in [2.75, 3.05) is 6.54 Å². The Morgan fingerprint density at radius 2 is 1.62 bits per heavy atom. The summed E-state index contributed by atoms with van der Waals surface area (Å²) in [5.74, 6) is -0.607. The van der Waals surface area contributed by atoms with Crippen LogP contribution in [-0.4, -0.2) is 34.6 Å². The molecule has 2 aromatic carbocycles. The van der Waals surface area contributed by atoms with Crippen LogP contribution in [0.3, 0.4) is 0 Å². The lowest BCUT2D eigenvalue weighted by Crippen LogP contribution is -2.49. The maximum atomic E-state index is 13.5. The number of ketones is 1. The molecule has 1 saturated carbocycles. The molecular formula is C24H26N2O3. The van der Waals surface area contributed by atoms with Gasteiger partial charge in [0.25, 0.3) is 0 Å². The van der Waals surface area contributed by atoms with E-state index in [4.69, 9.17) is 0 Å². The number of amides is 2. The fourth-order valence-electron chi connectivity index (χ4n) is 4.38. The monoisotopic (exact) mass is 390 g/mol. The van der Waals surface area contributed by atoms with Crippen LogP contribution in [0.15, 0.2) is 60.7 Å². The number of benzene rings is 2. The number of piperidine rings is 1. The van der Waals surface area contributed by atoms with Gasteiger partial charge in [-0.1, -0.05) is 60.7 Å². The van der Waals surface area contributed by atoms with Crippen LogP contribution >= 0.6 is 0 Å². The molecule has 150 valence electrons. The first-order chi connectivity index (χ1) is 13.7. The number of nitrogens with zero attached hydrogens (tertiary/aromatic N) is 1. The second kappa shape index (κ2) is 6.83. The highest BCUT2D eigenvalue weighted by molar-refractivity contribution is 6.18. The summed E-state index contributed by atoms with van der Waals surface area (Å²) < 4.78 is 0. The van der Waals surface area contributed by atoms with Crippen molar-refractivity contribution in [3.63, 3.8) is 0 Å². The molecule has 0 bridgehead atoms. The Bertz CT molecular complexity index is 949. The van der Waals surface area contributed by atoms with Crippen LogP contribution in [0.1, 0.15) is 49.2 Å². The molecule has 3 unspecified atom stereocenters. The lowest BCUT2D eigenvalue weighted by atomic mass is 9.92. The first-order valence-corrected chi connectivity index (χ1v) is 10.0. The molecule has 0 spiro atoms. The van der Waals surface area contributed by atoms with Crippen molar-refractivity contribution in [1.29, 1.82) is 0 Å². The second-order valence-electron chi connectivity index (χ2n) is 9.08. The number of fused-ring (bicyclic) bond motifs is 1. The quantitative estimate of drug-likeness (QED) is 0.629. The molecule has 1 aliphatic carbocycles. The molecular weight excluding hydrogens is 364 g/mol. The van der Waals surface area contributed by atoms with Crippen LogP contribution in [0.4, 0.5) is 0 Å². The number of rotatable bonds is 5. The molecule has 1 aliphatic heterocycles. The highest BCUT2D eigenvalue weighted by Gasteiger charge is 2.72. The van der Waals surface area contributed by atoms with Gasteiger partial charge in [-0.25, -0.2) is 0 Å². The Labute approximate surface area is 171 Å². The van der Waals surface area contributed by atoms with Gasteiger partial charge in [-0.2, -0.15) is 0 Å². The molecule has 2 aliphatic rings. The van der Waals surface area contributed by atoms with Gasteiger partial charge < -0.3 is 10.2 Å². The molecule has 1 saturated heterocycles. The minimum absolute atomic E-state index is 0.0312. The molecule has 0 radical (unpaired) electrons. The van der Waals surface area contributed by atoms with E-state index in [9.17, 15) is 14.4 Å². The van der Waals surface area contributed by atoms with E-state index in [0.29, 0.717) is 18.5 Å². The molecule has 29 heavy (non-hydrogen) atoms. The third kappa shape index (κ3) is 3.35. The Kier molecular flexibility index (Phi) is 4.56. The van der Waals surface area contributed by atoms with E-state index in [1.165, 1.54) is 0 Å². The van der Waals surface area contributed by atoms with Crippen LogP contribution in [0, 0.1) is 11.3 Å². The molecule has 2 aromatic rings. The predicted molar refractivity (Wildman–Crippen MR) is 110 cm³/mol. The van der Waals surface area contributed by atoms with Gasteiger partial charge in [0.05, 0.1) is 0 Å². The summed E-state index contributed by atoms with van der Waals surface area (Å²) >= 11 is 0. The number of carbonyl (C=O) groups is 3. The third-order valence-electron chi connectivity index (χ3n) is 5.78. The molecule has 2 amide bonds. The van der Waals surface area contributed by atoms with Gasteiger partial charge in [0, 0.05) is 17.6 Å². The number of likely N-dealkylation sites (tertiary alicyclic amines) is 1. The van der Waals surface area contributed by atoms with Crippen LogP contribution in [-0.2, 0) is 9.59 Å². The van der Waals surface area contributed by atoms with E-state index >= 15 is 0 Å². The predicted octanol–water partition coefficient (Wildman–Crippen LogP) is 3.37. The number of nitrogens with one attached hydrogen (secondary N) is 1. The Balaban J connectivity index is 1.66. The van der Waals surface area contributed by atoms with Crippen molar-refractivity contribution in [1.82, 2.24) is 10.2 Å². The molecule has 2 fully saturated rings. The molecule has 1 heterocycles. The summed E-state index contributed by atoms with van der Waals surface area (Å²) in [5.41, 5.74) is -0.115. The standard InChI is InChI=1S/C24H26N2O3/c1-23(2,3)25-21(28)19(16-10-6-4-7-11-16)26-15-18-14-24(18,22(26)29)20(27)17-12-8-5-9-13-17/h4-13,18-19H,14-15H2,1-3H3,(H,25,28).